The summed E-state index contributed by atoms with van der Waals surface area (Å²) >= 11 is 5.82. The molecule has 1 aliphatic carbocycles. The first-order valence-electron chi connectivity index (χ1n) is 7.60. The number of aryl methyl sites for hydroxylation is 1. The van der Waals surface area contributed by atoms with Crippen molar-refractivity contribution in [2.24, 2.45) is 7.05 Å². The van der Waals surface area contributed by atoms with E-state index in [0.717, 1.165) is 30.5 Å². The number of halogens is 4. The van der Waals surface area contributed by atoms with E-state index < -0.39 is 17.3 Å². The monoisotopic (exact) mass is 367 g/mol. The maximum absolute atomic E-state index is 12.7. The number of aromatic nitrogens is 4. The van der Waals surface area contributed by atoms with E-state index in [4.69, 9.17) is 11.6 Å². The minimum absolute atomic E-state index is 0.130. The average Bonchev–Trinajstić information content (AvgIpc) is 3.28. The zero-order valence-electron chi connectivity index (χ0n) is 13.1. The SMILES string of the molecule is Cn1nc(NC2(c3ccc(C(F)(F)F)cc3)CC2)c2cnc(Cl)nc21. The van der Waals surface area contributed by atoms with Gasteiger partial charge in [0.2, 0.25) is 5.28 Å². The molecule has 1 N–H and O–H groups in total. The molecule has 2 aromatic heterocycles. The maximum atomic E-state index is 12.7. The van der Waals surface area contributed by atoms with Crippen LogP contribution in [0.4, 0.5) is 19.0 Å². The number of hydrogen-bond donors (Lipinski definition) is 1. The second kappa shape index (κ2) is 5.32. The summed E-state index contributed by atoms with van der Waals surface area (Å²) in [4.78, 5) is 8.13. The van der Waals surface area contributed by atoms with E-state index in [-0.39, 0.29) is 5.28 Å². The molecule has 9 heteroatoms. The van der Waals surface area contributed by atoms with Gasteiger partial charge in [0.15, 0.2) is 11.5 Å². The third kappa shape index (κ3) is 2.80. The van der Waals surface area contributed by atoms with E-state index in [9.17, 15) is 13.2 Å². The van der Waals surface area contributed by atoms with E-state index in [2.05, 4.69) is 20.4 Å². The van der Waals surface area contributed by atoms with Crippen molar-refractivity contribution in [2.45, 2.75) is 24.6 Å². The Bertz CT molecular complexity index is 945. The Hall–Kier alpha value is -2.35. The van der Waals surface area contributed by atoms with Crippen LogP contribution >= 0.6 is 11.6 Å². The normalized spacial score (nSPS) is 16.2. The lowest BCUT2D eigenvalue weighted by molar-refractivity contribution is -0.137. The minimum Gasteiger partial charge on any atom is -0.358 e. The second-order valence-corrected chi connectivity index (χ2v) is 6.47. The molecule has 2 heterocycles. The highest BCUT2D eigenvalue weighted by atomic mass is 35.5. The van der Waals surface area contributed by atoms with E-state index in [1.54, 1.807) is 17.9 Å². The van der Waals surface area contributed by atoms with Crippen LogP contribution < -0.4 is 5.32 Å². The van der Waals surface area contributed by atoms with E-state index >= 15 is 0 Å². The summed E-state index contributed by atoms with van der Waals surface area (Å²) in [6, 6.07) is 5.25. The zero-order chi connectivity index (χ0) is 17.8. The maximum Gasteiger partial charge on any atom is 0.416 e. The predicted molar refractivity (Wildman–Crippen MR) is 87.3 cm³/mol. The Morgan fingerprint density at radius 1 is 1.20 bits per heavy atom. The lowest BCUT2D eigenvalue weighted by Gasteiger charge is -2.18. The summed E-state index contributed by atoms with van der Waals surface area (Å²) in [5, 5.41) is 8.60. The lowest BCUT2D eigenvalue weighted by Crippen LogP contribution is -2.19. The fourth-order valence-electron chi connectivity index (χ4n) is 2.93. The molecule has 0 saturated heterocycles. The van der Waals surface area contributed by atoms with Gasteiger partial charge < -0.3 is 5.32 Å². The number of fused-ring (bicyclic) bond motifs is 1. The molecule has 3 aromatic rings. The van der Waals surface area contributed by atoms with Gasteiger partial charge in [-0.25, -0.2) is 9.67 Å². The van der Waals surface area contributed by atoms with Gasteiger partial charge >= 0.3 is 6.18 Å². The first-order chi connectivity index (χ1) is 11.8. The van der Waals surface area contributed by atoms with Crippen molar-refractivity contribution in [3.05, 3.63) is 46.9 Å². The van der Waals surface area contributed by atoms with Crippen LogP contribution in [-0.4, -0.2) is 19.7 Å². The molecule has 130 valence electrons. The van der Waals surface area contributed by atoms with Gasteiger partial charge in [0, 0.05) is 13.2 Å². The molecule has 0 bridgehead atoms. The number of benzene rings is 1. The van der Waals surface area contributed by atoms with Crippen LogP contribution in [0.3, 0.4) is 0 Å². The average molecular weight is 368 g/mol. The zero-order valence-corrected chi connectivity index (χ0v) is 13.9. The molecule has 5 nitrogen and oxygen atoms in total. The molecule has 0 spiro atoms. The van der Waals surface area contributed by atoms with Gasteiger partial charge in [0.05, 0.1) is 16.5 Å². The number of rotatable bonds is 3. The first kappa shape index (κ1) is 16.1. The van der Waals surface area contributed by atoms with Crippen molar-refractivity contribution in [2.75, 3.05) is 5.32 Å². The van der Waals surface area contributed by atoms with Crippen molar-refractivity contribution in [3.8, 4) is 0 Å². The third-order valence-electron chi connectivity index (χ3n) is 4.42. The molecule has 0 atom stereocenters. The highest BCUT2D eigenvalue weighted by Crippen LogP contribution is 2.49. The van der Waals surface area contributed by atoms with E-state index in [1.165, 1.54) is 12.1 Å². The summed E-state index contributed by atoms with van der Waals surface area (Å²) < 4.78 is 39.8. The Morgan fingerprint density at radius 3 is 2.48 bits per heavy atom. The smallest absolute Gasteiger partial charge is 0.358 e. The Kier molecular flexibility index (Phi) is 3.44. The number of alkyl halides is 3. The summed E-state index contributed by atoms with van der Waals surface area (Å²) in [5.41, 5.74) is 0.323. The van der Waals surface area contributed by atoms with Crippen LogP contribution in [0, 0.1) is 0 Å². The van der Waals surface area contributed by atoms with Crippen molar-refractivity contribution in [3.63, 3.8) is 0 Å². The molecular weight excluding hydrogens is 355 g/mol. The van der Waals surface area contributed by atoms with Gasteiger partial charge in [0.25, 0.3) is 0 Å². The van der Waals surface area contributed by atoms with Crippen LogP contribution in [0.5, 0.6) is 0 Å². The highest BCUT2D eigenvalue weighted by Gasteiger charge is 2.45. The topological polar surface area (TPSA) is 55.6 Å². The minimum atomic E-state index is -4.34. The molecule has 0 unspecified atom stereocenters. The summed E-state index contributed by atoms with van der Waals surface area (Å²) in [5.74, 6) is 0.589. The van der Waals surface area contributed by atoms with Gasteiger partial charge in [-0.15, -0.1) is 0 Å². The van der Waals surface area contributed by atoms with Gasteiger partial charge in [-0.3, -0.25) is 0 Å². The van der Waals surface area contributed by atoms with Crippen molar-refractivity contribution in [1.29, 1.82) is 0 Å². The molecule has 1 aromatic carbocycles. The third-order valence-corrected chi connectivity index (χ3v) is 4.61. The molecule has 4 rings (SSSR count). The molecule has 0 amide bonds. The predicted octanol–water partition coefficient (Wildman–Crippen LogP) is 4.14. The number of anilines is 1. The molecule has 1 aliphatic rings. The fourth-order valence-corrected chi connectivity index (χ4v) is 3.05. The van der Waals surface area contributed by atoms with Crippen molar-refractivity contribution < 1.29 is 13.2 Å². The van der Waals surface area contributed by atoms with Crippen molar-refractivity contribution >= 4 is 28.5 Å². The van der Waals surface area contributed by atoms with Gasteiger partial charge in [0.1, 0.15) is 0 Å². The largest absolute Gasteiger partial charge is 0.416 e. The number of nitrogens with one attached hydrogen (secondary N) is 1. The molecule has 1 fully saturated rings. The fraction of sp³-hybridized carbons (Fsp3) is 0.312. The van der Waals surface area contributed by atoms with E-state index in [1.807, 2.05) is 0 Å². The van der Waals surface area contributed by atoms with Crippen LogP contribution in [0.15, 0.2) is 30.5 Å². The summed E-state index contributed by atoms with van der Waals surface area (Å²) in [6.07, 6.45) is -1.13. The van der Waals surface area contributed by atoms with Gasteiger partial charge in [-0.2, -0.15) is 23.3 Å². The molecule has 25 heavy (non-hydrogen) atoms. The van der Waals surface area contributed by atoms with Crippen molar-refractivity contribution in [1.82, 2.24) is 19.7 Å². The molecule has 0 radical (unpaired) electrons. The molecular formula is C16H13ClF3N5. The first-order valence-corrected chi connectivity index (χ1v) is 7.97. The quantitative estimate of drug-likeness (QED) is 0.707. The van der Waals surface area contributed by atoms with E-state index in [0.29, 0.717) is 16.9 Å². The Balaban J connectivity index is 1.67. The highest BCUT2D eigenvalue weighted by molar-refractivity contribution is 6.28. The standard InChI is InChI=1S/C16H13ClF3N5/c1-25-13-11(8-21-14(17)22-13)12(24-25)23-15(6-7-15)9-2-4-10(5-3-9)16(18,19)20/h2-5,8H,6-7H2,1H3,(H,23,24). The number of hydrogen-bond acceptors (Lipinski definition) is 4. The number of nitrogens with zero attached hydrogens (tertiary/aromatic N) is 4. The van der Waals surface area contributed by atoms with Crippen LogP contribution in [0.25, 0.3) is 11.0 Å². The summed E-state index contributed by atoms with van der Waals surface area (Å²) in [7, 11) is 1.74. The Morgan fingerprint density at radius 2 is 1.88 bits per heavy atom. The molecule has 1 saturated carbocycles. The lowest BCUT2D eigenvalue weighted by atomic mass is 10.0. The summed E-state index contributed by atoms with van der Waals surface area (Å²) in [6.45, 7) is 0. The molecule has 0 aliphatic heterocycles. The van der Waals surface area contributed by atoms with Gasteiger partial charge in [-0.1, -0.05) is 12.1 Å². The van der Waals surface area contributed by atoms with Gasteiger partial charge in [-0.05, 0) is 42.1 Å². The van der Waals surface area contributed by atoms with Crippen LogP contribution in [0.1, 0.15) is 24.0 Å². The Labute approximate surface area is 145 Å². The van der Waals surface area contributed by atoms with Crippen LogP contribution in [0.2, 0.25) is 5.28 Å². The van der Waals surface area contributed by atoms with Crippen LogP contribution in [-0.2, 0) is 18.8 Å². The second-order valence-electron chi connectivity index (χ2n) is 6.13.